The van der Waals surface area contributed by atoms with Crippen molar-refractivity contribution in [3.8, 4) is 0 Å². The number of amides is 1. The lowest BCUT2D eigenvalue weighted by Gasteiger charge is -2.11. The normalized spacial score (nSPS) is 22.5. The summed E-state index contributed by atoms with van der Waals surface area (Å²) >= 11 is 0. The van der Waals surface area contributed by atoms with Crippen molar-refractivity contribution in [3.63, 3.8) is 0 Å². The van der Waals surface area contributed by atoms with E-state index in [1.165, 1.54) is 16.7 Å². The lowest BCUT2D eigenvalue weighted by Crippen LogP contribution is -2.31. The van der Waals surface area contributed by atoms with E-state index in [1.807, 2.05) is 0 Å². The molecule has 0 heterocycles. The fourth-order valence-corrected chi connectivity index (χ4v) is 2.94. The molecule has 1 saturated carbocycles. The van der Waals surface area contributed by atoms with Gasteiger partial charge in [-0.25, -0.2) is 0 Å². The highest BCUT2D eigenvalue weighted by Crippen LogP contribution is 2.23. The fraction of sp³-hybridized carbons (Fsp3) is 0.562. The van der Waals surface area contributed by atoms with Gasteiger partial charge in [0, 0.05) is 18.5 Å². The van der Waals surface area contributed by atoms with E-state index < -0.39 is 0 Å². The summed E-state index contributed by atoms with van der Waals surface area (Å²) in [5, 5.41) is 3.04. The number of benzene rings is 1. The van der Waals surface area contributed by atoms with Gasteiger partial charge in [0.15, 0.2) is 0 Å². The van der Waals surface area contributed by atoms with Crippen LogP contribution in [-0.4, -0.2) is 18.5 Å². The topological polar surface area (TPSA) is 55.1 Å². The van der Waals surface area contributed by atoms with E-state index in [4.69, 9.17) is 5.73 Å². The minimum absolute atomic E-state index is 0.134. The molecule has 0 spiro atoms. The second kappa shape index (κ2) is 6.20. The van der Waals surface area contributed by atoms with Crippen molar-refractivity contribution in [2.45, 2.75) is 45.6 Å². The molecule has 2 rings (SSSR count). The molecule has 19 heavy (non-hydrogen) atoms. The third-order valence-corrected chi connectivity index (χ3v) is 3.84. The largest absolute Gasteiger partial charge is 0.356 e. The lowest BCUT2D eigenvalue weighted by atomic mass is 10.0. The molecule has 3 nitrogen and oxygen atoms in total. The molecule has 3 heteroatoms. The Morgan fingerprint density at radius 3 is 2.53 bits per heavy atom. The van der Waals surface area contributed by atoms with Crippen molar-refractivity contribution in [2.24, 2.45) is 11.7 Å². The van der Waals surface area contributed by atoms with Gasteiger partial charge in [0.2, 0.25) is 5.91 Å². The predicted molar refractivity (Wildman–Crippen MR) is 77.9 cm³/mol. The van der Waals surface area contributed by atoms with Gasteiger partial charge in [-0.1, -0.05) is 29.3 Å². The maximum atomic E-state index is 11.9. The molecule has 1 aliphatic rings. The number of hydrogen-bond donors (Lipinski definition) is 2. The number of rotatable bonds is 4. The minimum atomic E-state index is 0.134. The van der Waals surface area contributed by atoms with Crippen LogP contribution in [0.15, 0.2) is 18.2 Å². The Hall–Kier alpha value is -1.35. The molecular weight excluding hydrogens is 236 g/mol. The zero-order valence-corrected chi connectivity index (χ0v) is 11.9. The molecule has 104 valence electrons. The second-order valence-electron chi connectivity index (χ2n) is 5.81. The van der Waals surface area contributed by atoms with E-state index in [-0.39, 0.29) is 17.9 Å². The Kier molecular flexibility index (Phi) is 4.59. The molecule has 2 atom stereocenters. The third kappa shape index (κ3) is 4.06. The van der Waals surface area contributed by atoms with Gasteiger partial charge in [-0.15, -0.1) is 0 Å². The van der Waals surface area contributed by atoms with Crippen molar-refractivity contribution in [3.05, 3.63) is 34.9 Å². The zero-order valence-electron chi connectivity index (χ0n) is 11.9. The van der Waals surface area contributed by atoms with Crippen LogP contribution in [0.5, 0.6) is 0 Å². The van der Waals surface area contributed by atoms with Crippen LogP contribution in [-0.2, 0) is 11.2 Å². The summed E-state index contributed by atoms with van der Waals surface area (Å²) in [5.74, 6) is 0.312. The first-order valence-electron chi connectivity index (χ1n) is 7.15. The number of nitrogens with two attached hydrogens (primary N) is 1. The Bertz CT molecular complexity index is 436. The Morgan fingerprint density at radius 2 is 1.95 bits per heavy atom. The second-order valence-corrected chi connectivity index (χ2v) is 5.81. The Balaban J connectivity index is 1.78. The van der Waals surface area contributed by atoms with Crippen LogP contribution < -0.4 is 11.1 Å². The average molecular weight is 260 g/mol. The van der Waals surface area contributed by atoms with Gasteiger partial charge in [-0.3, -0.25) is 4.79 Å². The smallest absolute Gasteiger partial charge is 0.223 e. The summed E-state index contributed by atoms with van der Waals surface area (Å²) in [7, 11) is 0. The van der Waals surface area contributed by atoms with Gasteiger partial charge in [-0.2, -0.15) is 0 Å². The van der Waals surface area contributed by atoms with Crippen molar-refractivity contribution in [1.29, 1.82) is 0 Å². The lowest BCUT2D eigenvalue weighted by molar-refractivity contribution is -0.124. The van der Waals surface area contributed by atoms with E-state index in [2.05, 4.69) is 37.4 Å². The van der Waals surface area contributed by atoms with Gasteiger partial charge in [0.05, 0.1) is 0 Å². The highest BCUT2D eigenvalue weighted by atomic mass is 16.1. The van der Waals surface area contributed by atoms with Gasteiger partial charge in [0.25, 0.3) is 0 Å². The minimum Gasteiger partial charge on any atom is -0.356 e. The molecule has 0 aliphatic heterocycles. The molecule has 1 aromatic rings. The van der Waals surface area contributed by atoms with E-state index in [1.54, 1.807) is 0 Å². The van der Waals surface area contributed by atoms with Crippen molar-refractivity contribution >= 4 is 5.91 Å². The third-order valence-electron chi connectivity index (χ3n) is 3.84. The Labute approximate surface area is 115 Å². The maximum Gasteiger partial charge on any atom is 0.223 e. The van der Waals surface area contributed by atoms with Crippen LogP contribution in [0, 0.1) is 19.8 Å². The van der Waals surface area contributed by atoms with Gasteiger partial charge in [0.1, 0.15) is 0 Å². The average Bonchev–Trinajstić information content (AvgIpc) is 2.74. The molecule has 1 aliphatic carbocycles. The van der Waals surface area contributed by atoms with E-state index in [0.717, 1.165) is 25.7 Å². The summed E-state index contributed by atoms with van der Waals surface area (Å²) in [6.07, 6.45) is 3.66. The molecule has 0 radical (unpaired) electrons. The number of hydrogen-bond acceptors (Lipinski definition) is 2. The summed E-state index contributed by atoms with van der Waals surface area (Å²) in [6, 6.07) is 6.76. The van der Waals surface area contributed by atoms with Crippen LogP contribution in [0.4, 0.5) is 0 Å². The molecule has 1 aromatic carbocycles. The van der Waals surface area contributed by atoms with E-state index in [9.17, 15) is 4.79 Å². The monoisotopic (exact) mass is 260 g/mol. The van der Waals surface area contributed by atoms with Crippen molar-refractivity contribution < 1.29 is 4.79 Å². The number of carbonyl (C=O) groups is 1. The first kappa shape index (κ1) is 14.1. The quantitative estimate of drug-likeness (QED) is 0.871. The van der Waals surface area contributed by atoms with E-state index >= 15 is 0 Å². The molecule has 0 aromatic heterocycles. The van der Waals surface area contributed by atoms with Gasteiger partial charge < -0.3 is 11.1 Å². The summed E-state index contributed by atoms with van der Waals surface area (Å²) in [4.78, 5) is 11.9. The molecular formula is C16H24N2O. The fourth-order valence-electron chi connectivity index (χ4n) is 2.94. The van der Waals surface area contributed by atoms with Gasteiger partial charge in [-0.05, 0) is 45.1 Å². The summed E-state index contributed by atoms with van der Waals surface area (Å²) in [6.45, 7) is 4.93. The highest BCUT2D eigenvalue weighted by Gasteiger charge is 2.27. The first-order chi connectivity index (χ1) is 9.04. The van der Waals surface area contributed by atoms with Gasteiger partial charge >= 0.3 is 0 Å². The standard InChI is InChI=1S/C16H24N2O/c1-11-7-12(2)9-13(8-11)5-6-18-16(19)14-3-4-15(17)10-14/h7-9,14-15H,3-6,10,17H2,1-2H3,(H,18,19). The van der Waals surface area contributed by atoms with Crippen LogP contribution in [0.25, 0.3) is 0 Å². The number of nitrogens with one attached hydrogen (secondary N) is 1. The molecule has 1 amide bonds. The van der Waals surface area contributed by atoms with Crippen molar-refractivity contribution in [2.75, 3.05) is 6.54 Å². The van der Waals surface area contributed by atoms with Crippen LogP contribution in [0.3, 0.4) is 0 Å². The zero-order chi connectivity index (χ0) is 13.8. The Morgan fingerprint density at radius 1 is 1.26 bits per heavy atom. The predicted octanol–water partition coefficient (Wildman–Crippen LogP) is 2.09. The first-order valence-corrected chi connectivity index (χ1v) is 7.15. The molecule has 2 unspecified atom stereocenters. The summed E-state index contributed by atoms with van der Waals surface area (Å²) < 4.78 is 0. The van der Waals surface area contributed by atoms with Crippen LogP contribution in [0.1, 0.15) is 36.0 Å². The molecule has 0 bridgehead atoms. The van der Waals surface area contributed by atoms with Crippen LogP contribution >= 0.6 is 0 Å². The maximum absolute atomic E-state index is 11.9. The van der Waals surface area contributed by atoms with Crippen LogP contribution in [0.2, 0.25) is 0 Å². The highest BCUT2D eigenvalue weighted by molar-refractivity contribution is 5.79. The molecule has 3 N–H and O–H groups in total. The number of carbonyl (C=O) groups excluding carboxylic acids is 1. The SMILES string of the molecule is Cc1cc(C)cc(CCNC(=O)C2CCC(N)C2)c1. The molecule has 0 saturated heterocycles. The van der Waals surface area contributed by atoms with Crippen molar-refractivity contribution in [1.82, 2.24) is 5.32 Å². The summed E-state index contributed by atoms with van der Waals surface area (Å²) in [5.41, 5.74) is 9.69. The number of aryl methyl sites for hydroxylation is 2. The van der Waals surface area contributed by atoms with E-state index in [0.29, 0.717) is 6.54 Å². The molecule has 1 fully saturated rings.